The van der Waals surface area contributed by atoms with Gasteiger partial charge in [0, 0.05) is 76.6 Å². The fourth-order valence-corrected chi connectivity index (χ4v) is 6.85. The van der Waals surface area contributed by atoms with Crippen molar-refractivity contribution < 1.29 is 27.5 Å². The first-order valence-corrected chi connectivity index (χ1v) is 16.0. The van der Waals surface area contributed by atoms with Crippen LogP contribution in [0.4, 0.5) is 5.13 Å². The Balaban J connectivity index is 1.47. The van der Waals surface area contributed by atoms with Crippen LogP contribution < -0.4 is 5.32 Å². The number of nitrogens with one attached hydrogen (secondary N) is 1. The van der Waals surface area contributed by atoms with Crippen LogP contribution in [-0.4, -0.2) is 107 Å². The molecule has 1 amide bonds. The number of aromatic nitrogens is 1. The SMILES string of the molecule is COCCCS(=O)(=O)c1ccc(C(=NO[C@@H]2CC[C@@H](OC)C2)C(=O)Nc2ncc(CN3CCN(C)CC3)s2)cc1. The van der Waals surface area contributed by atoms with Crippen LogP contribution in [0.2, 0.25) is 0 Å². The van der Waals surface area contributed by atoms with E-state index >= 15 is 0 Å². The molecule has 4 rings (SSSR count). The van der Waals surface area contributed by atoms with Gasteiger partial charge in [-0.1, -0.05) is 17.3 Å². The zero-order valence-corrected chi connectivity index (χ0v) is 25.0. The molecule has 0 radical (unpaired) electrons. The molecule has 1 N–H and O–H groups in total. The molecule has 2 aromatic rings. The summed E-state index contributed by atoms with van der Waals surface area (Å²) in [5.74, 6) is -0.495. The number of ether oxygens (including phenoxy) is 2. The Bertz CT molecular complexity index is 1240. The Morgan fingerprint density at radius 3 is 2.52 bits per heavy atom. The molecule has 2 heterocycles. The Hall–Kier alpha value is -2.42. The van der Waals surface area contributed by atoms with Crippen LogP contribution in [0.25, 0.3) is 0 Å². The van der Waals surface area contributed by atoms with Gasteiger partial charge in [0.15, 0.2) is 20.7 Å². The van der Waals surface area contributed by atoms with E-state index in [1.165, 1.54) is 30.6 Å². The largest absolute Gasteiger partial charge is 0.392 e. The number of sulfone groups is 1. The number of hydrogen-bond acceptors (Lipinski definition) is 11. The van der Waals surface area contributed by atoms with Crippen LogP contribution in [0.5, 0.6) is 0 Å². The number of benzene rings is 1. The number of anilines is 1. The molecular weight excluding hydrogens is 554 g/mol. The number of methoxy groups -OCH3 is 2. The Labute approximate surface area is 240 Å². The van der Waals surface area contributed by atoms with E-state index < -0.39 is 15.7 Å². The number of likely N-dealkylation sites (N-methyl/N-ethyl adjacent to an activating group) is 1. The second-order valence-electron chi connectivity index (χ2n) is 10.2. The fraction of sp³-hybridized carbons (Fsp3) is 0.593. The molecule has 1 aromatic carbocycles. The number of carbonyl (C=O) groups is 1. The minimum atomic E-state index is -3.47. The minimum absolute atomic E-state index is 0.0203. The monoisotopic (exact) mass is 593 g/mol. The van der Waals surface area contributed by atoms with Crippen molar-refractivity contribution in [3.63, 3.8) is 0 Å². The molecule has 0 unspecified atom stereocenters. The van der Waals surface area contributed by atoms with Crippen molar-refractivity contribution in [2.75, 3.05) is 65.1 Å². The van der Waals surface area contributed by atoms with Gasteiger partial charge in [0.1, 0.15) is 6.10 Å². The van der Waals surface area contributed by atoms with Gasteiger partial charge in [0.25, 0.3) is 5.91 Å². The lowest BCUT2D eigenvalue weighted by atomic mass is 10.1. The average Bonchev–Trinajstić information content (AvgIpc) is 3.59. The number of nitrogens with zero attached hydrogens (tertiary/aromatic N) is 4. The maximum absolute atomic E-state index is 13.4. The summed E-state index contributed by atoms with van der Waals surface area (Å²) in [6.45, 7) is 5.20. The topological polar surface area (TPSA) is 123 Å². The van der Waals surface area contributed by atoms with E-state index in [2.05, 4.69) is 32.3 Å². The maximum Gasteiger partial charge on any atom is 0.280 e. The summed E-state index contributed by atoms with van der Waals surface area (Å²) >= 11 is 1.43. The van der Waals surface area contributed by atoms with E-state index in [1.807, 2.05) is 0 Å². The van der Waals surface area contributed by atoms with Crippen molar-refractivity contribution in [3.05, 3.63) is 40.9 Å². The van der Waals surface area contributed by atoms with Crippen LogP contribution in [0.1, 0.15) is 36.1 Å². The number of hydrogen-bond donors (Lipinski definition) is 1. The van der Waals surface area contributed by atoms with E-state index in [-0.39, 0.29) is 28.6 Å². The molecule has 13 heteroatoms. The van der Waals surface area contributed by atoms with Crippen molar-refractivity contribution in [2.45, 2.75) is 49.3 Å². The van der Waals surface area contributed by atoms with E-state index in [4.69, 9.17) is 14.3 Å². The van der Waals surface area contributed by atoms with Gasteiger partial charge in [-0.15, -0.1) is 11.3 Å². The van der Waals surface area contributed by atoms with Crippen LogP contribution >= 0.6 is 11.3 Å². The van der Waals surface area contributed by atoms with Crippen molar-refractivity contribution >= 4 is 37.9 Å². The fourth-order valence-electron chi connectivity index (χ4n) is 4.72. The molecule has 11 nitrogen and oxygen atoms in total. The van der Waals surface area contributed by atoms with Crippen molar-refractivity contribution in [1.82, 2.24) is 14.8 Å². The molecule has 0 spiro atoms. The first-order valence-electron chi connectivity index (χ1n) is 13.5. The summed E-state index contributed by atoms with van der Waals surface area (Å²) < 4.78 is 35.7. The van der Waals surface area contributed by atoms with Gasteiger partial charge >= 0.3 is 0 Å². The Morgan fingerprint density at radius 2 is 1.85 bits per heavy atom. The molecule has 0 bridgehead atoms. The summed E-state index contributed by atoms with van der Waals surface area (Å²) in [6, 6.07) is 6.15. The zero-order chi connectivity index (χ0) is 28.5. The molecule has 2 aliphatic rings. The van der Waals surface area contributed by atoms with Gasteiger partial charge in [-0.3, -0.25) is 15.0 Å². The van der Waals surface area contributed by atoms with Crippen molar-refractivity contribution in [3.8, 4) is 0 Å². The highest BCUT2D eigenvalue weighted by Crippen LogP contribution is 2.25. The molecule has 1 aliphatic heterocycles. The lowest BCUT2D eigenvalue weighted by Crippen LogP contribution is -2.43. The van der Waals surface area contributed by atoms with Crippen LogP contribution in [0.3, 0.4) is 0 Å². The average molecular weight is 594 g/mol. The molecule has 1 saturated heterocycles. The second-order valence-corrected chi connectivity index (χ2v) is 13.4. The molecule has 2 atom stereocenters. The van der Waals surface area contributed by atoms with E-state index in [1.54, 1.807) is 25.4 Å². The van der Waals surface area contributed by atoms with Gasteiger partial charge in [-0.25, -0.2) is 13.4 Å². The zero-order valence-electron chi connectivity index (χ0n) is 23.4. The number of amides is 1. The van der Waals surface area contributed by atoms with Gasteiger partial charge < -0.3 is 19.2 Å². The Morgan fingerprint density at radius 1 is 1.12 bits per heavy atom. The second kappa shape index (κ2) is 14.5. The highest BCUT2D eigenvalue weighted by Gasteiger charge is 2.27. The molecule has 2 fully saturated rings. The number of oxime groups is 1. The lowest BCUT2D eigenvalue weighted by molar-refractivity contribution is -0.110. The summed E-state index contributed by atoms with van der Waals surface area (Å²) in [6.07, 6.45) is 4.46. The summed E-state index contributed by atoms with van der Waals surface area (Å²) in [4.78, 5) is 29.5. The summed E-state index contributed by atoms with van der Waals surface area (Å²) in [5, 5.41) is 7.57. The third kappa shape index (κ3) is 8.54. The van der Waals surface area contributed by atoms with Gasteiger partial charge in [-0.2, -0.15) is 0 Å². The summed E-state index contributed by atoms with van der Waals surface area (Å²) in [7, 11) is 1.86. The van der Waals surface area contributed by atoms with Gasteiger partial charge in [0.05, 0.1) is 16.8 Å². The normalized spacial score (nSPS) is 21.0. The number of piperazine rings is 1. The molecular formula is C27H39N5O6S2. The predicted octanol–water partition coefficient (Wildman–Crippen LogP) is 2.63. The quantitative estimate of drug-likeness (QED) is 0.212. The minimum Gasteiger partial charge on any atom is -0.392 e. The first kappa shape index (κ1) is 30.5. The standard InChI is InChI=1S/C27H39N5O6S2/c1-31-11-13-32(14-12-31)19-23-18-28-27(39-23)29-26(33)25(30-38-22-8-7-21(17-22)37-3)20-5-9-24(10-6-20)40(34,35)16-4-15-36-2/h5-6,9-10,18,21-22H,4,7-8,11-17,19H2,1-3H3,(H,28,29,33)/t21-,22-/m1/s1. The highest BCUT2D eigenvalue weighted by molar-refractivity contribution is 7.91. The van der Waals surface area contributed by atoms with Gasteiger partial charge in [0.2, 0.25) is 0 Å². The van der Waals surface area contributed by atoms with Crippen molar-refractivity contribution in [1.29, 1.82) is 0 Å². The number of carbonyl (C=O) groups excluding carboxylic acids is 1. The highest BCUT2D eigenvalue weighted by atomic mass is 32.2. The number of thiazole rings is 1. The van der Waals surface area contributed by atoms with Crippen LogP contribution in [0.15, 0.2) is 40.5 Å². The maximum atomic E-state index is 13.4. The van der Waals surface area contributed by atoms with E-state index in [0.29, 0.717) is 30.1 Å². The van der Waals surface area contributed by atoms with Crippen LogP contribution in [0, 0.1) is 0 Å². The summed E-state index contributed by atoms with van der Waals surface area (Å²) in [5.41, 5.74) is 0.504. The Kier molecular flexibility index (Phi) is 11.0. The third-order valence-electron chi connectivity index (χ3n) is 7.18. The third-order valence-corrected chi connectivity index (χ3v) is 9.89. The van der Waals surface area contributed by atoms with E-state index in [0.717, 1.165) is 50.4 Å². The predicted molar refractivity (Wildman–Crippen MR) is 155 cm³/mol. The molecule has 1 saturated carbocycles. The molecule has 40 heavy (non-hydrogen) atoms. The first-order chi connectivity index (χ1) is 19.3. The van der Waals surface area contributed by atoms with Crippen LogP contribution in [-0.2, 0) is 35.5 Å². The lowest BCUT2D eigenvalue weighted by Gasteiger charge is -2.31. The van der Waals surface area contributed by atoms with Gasteiger partial charge in [-0.05, 0) is 38.4 Å². The molecule has 1 aromatic heterocycles. The molecule has 1 aliphatic carbocycles. The molecule has 220 valence electrons. The van der Waals surface area contributed by atoms with E-state index in [9.17, 15) is 13.2 Å². The number of rotatable bonds is 13. The smallest absolute Gasteiger partial charge is 0.280 e. The van der Waals surface area contributed by atoms with Crippen molar-refractivity contribution in [2.24, 2.45) is 5.16 Å².